The molecule has 0 saturated heterocycles. The zero-order valence-electron chi connectivity index (χ0n) is 13.2. The fourth-order valence-electron chi connectivity index (χ4n) is 2.89. The third-order valence-electron chi connectivity index (χ3n) is 4.15. The van der Waals surface area contributed by atoms with Crippen molar-refractivity contribution in [2.75, 3.05) is 13.1 Å². The lowest BCUT2D eigenvalue weighted by Gasteiger charge is -2.18. The van der Waals surface area contributed by atoms with Crippen molar-refractivity contribution in [2.45, 2.75) is 45.2 Å². The average Bonchev–Trinajstić information content (AvgIpc) is 3.00. The number of imide groups is 1. The molecule has 1 aromatic carbocycles. The molecule has 1 unspecified atom stereocenters. The van der Waals surface area contributed by atoms with Crippen LogP contribution in [0.1, 0.15) is 38.2 Å². The van der Waals surface area contributed by atoms with E-state index in [1.165, 1.54) is 5.56 Å². The molecular weight excluding hydrogens is 278 g/mol. The number of likely N-dealkylation sites (N-methyl/N-ethyl adjacent to an activating group) is 1. The van der Waals surface area contributed by atoms with Crippen molar-refractivity contribution >= 4 is 11.9 Å². The Morgan fingerprint density at radius 1 is 1.18 bits per heavy atom. The van der Waals surface area contributed by atoms with E-state index < -0.39 is 0 Å². The van der Waals surface area contributed by atoms with Gasteiger partial charge >= 0.3 is 6.03 Å². The molecule has 0 spiro atoms. The van der Waals surface area contributed by atoms with E-state index in [2.05, 4.69) is 22.8 Å². The molecular formula is C17H26N3O2+. The molecule has 1 fully saturated rings. The van der Waals surface area contributed by atoms with Gasteiger partial charge in [0.2, 0.25) is 0 Å². The summed E-state index contributed by atoms with van der Waals surface area (Å²) < 4.78 is 0. The van der Waals surface area contributed by atoms with Crippen LogP contribution in [0.3, 0.4) is 0 Å². The van der Waals surface area contributed by atoms with Crippen molar-refractivity contribution in [1.82, 2.24) is 10.6 Å². The number of benzene rings is 1. The summed E-state index contributed by atoms with van der Waals surface area (Å²) in [7, 11) is 0. The topological polar surface area (TPSA) is 62.6 Å². The molecule has 3 amide bonds. The molecule has 2 rings (SSSR count). The van der Waals surface area contributed by atoms with Crippen LogP contribution in [0.5, 0.6) is 0 Å². The maximum absolute atomic E-state index is 12.0. The molecule has 120 valence electrons. The lowest BCUT2D eigenvalue weighted by molar-refractivity contribution is -0.904. The summed E-state index contributed by atoms with van der Waals surface area (Å²) in [6.07, 6.45) is 4.34. The van der Waals surface area contributed by atoms with Gasteiger partial charge in [0, 0.05) is 11.6 Å². The quantitative estimate of drug-likeness (QED) is 0.730. The van der Waals surface area contributed by atoms with Crippen LogP contribution in [0.15, 0.2) is 30.3 Å². The summed E-state index contributed by atoms with van der Waals surface area (Å²) in [4.78, 5) is 24.9. The van der Waals surface area contributed by atoms with E-state index in [9.17, 15) is 9.59 Å². The van der Waals surface area contributed by atoms with Gasteiger partial charge in [-0.05, 0) is 19.8 Å². The molecule has 0 bridgehead atoms. The molecule has 0 heterocycles. The molecule has 5 heteroatoms. The molecule has 1 aromatic rings. The van der Waals surface area contributed by atoms with Gasteiger partial charge in [0.1, 0.15) is 6.54 Å². The average molecular weight is 304 g/mol. The van der Waals surface area contributed by atoms with Crippen molar-refractivity contribution in [3.63, 3.8) is 0 Å². The van der Waals surface area contributed by atoms with Crippen LogP contribution in [0, 0.1) is 0 Å². The minimum absolute atomic E-state index is 0.219. The van der Waals surface area contributed by atoms with Gasteiger partial charge in [-0.25, -0.2) is 4.79 Å². The molecule has 0 radical (unpaired) electrons. The number of urea groups is 1. The fraction of sp³-hybridized carbons (Fsp3) is 0.529. The molecule has 0 aliphatic heterocycles. The maximum Gasteiger partial charge on any atom is 0.321 e. The number of carbonyl (C=O) groups is 2. The lowest BCUT2D eigenvalue weighted by Crippen LogP contribution is -3.11. The van der Waals surface area contributed by atoms with Crippen molar-refractivity contribution in [1.29, 1.82) is 0 Å². The Morgan fingerprint density at radius 2 is 1.86 bits per heavy atom. The monoisotopic (exact) mass is 304 g/mol. The minimum atomic E-state index is -0.355. The highest BCUT2D eigenvalue weighted by Crippen LogP contribution is 2.17. The van der Waals surface area contributed by atoms with Gasteiger partial charge in [-0.15, -0.1) is 0 Å². The number of hydrogen-bond acceptors (Lipinski definition) is 2. The zero-order valence-corrected chi connectivity index (χ0v) is 13.2. The van der Waals surface area contributed by atoms with Gasteiger partial charge in [0.15, 0.2) is 6.54 Å². The first-order valence-corrected chi connectivity index (χ1v) is 8.15. The minimum Gasteiger partial charge on any atom is -0.335 e. The summed E-state index contributed by atoms with van der Waals surface area (Å²) in [5, 5.41) is 5.32. The Labute approximate surface area is 132 Å². The van der Waals surface area contributed by atoms with Crippen molar-refractivity contribution in [2.24, 2.45) is 0 Å². The summed E-state index contributed by atoms with van der Waals surface area (Å²) in [5.74, 6) is -0.219. The van der Waals surface area contributed by atoms with Crippen LogP contribution in [-0.4, -0.2) is 31.1 Å². The second kappa shape index (κ2) is 8.54. The predicted molar refractivity (Wildman–Crippen MR) is 85.4 cm³/mol. The number of nitrogens with one attached hydrogen (secondary N) is 3. The highest BCUT2D eigenvalue weighted by Gasteiger charge is 2.20. The summed E-state index contributed by atoms with van der Waals surface area (Å²) in [6.45, 7) is 3.98. The Kier molecular flexibility index (Phi) is 6.40. The van der Waals surface area contributed by atoms with Gasteiger partial charge < -0.3 is 10.2 Å². The second-order valence-corrected chi connectivity index (χ2v) is 5.95. The van der Waals surface area contributed by atoms with Crippen LogP contribution >= 0.6 is 0 Å². The predicted octanol–water partition coefficient (Wildman–Crippen LogP) is 0.860. The van der Waals surface area contributed by atoms with Gasteiger partial charge in [0.05, 0.1) is 6.54 Å². The summed E-state index contributed by atoms with van der Waals surface area (Å²) in [5.41, 5.74) is 1.20. The number of carbonyl (C=O) groups excluding carboxylic acids is 2. The number of hydrogen-bond donors (Lipinski definition) is 3. The lowest BCUT2D eigenvalue weighted by atomic mass is 10.2. The molecule has 1 aliphatic rings. The Hall–Kier alpha value is -1.88. The van der Waals surface area contributed by atoms with Crippen LogP contribution < -0.4 is 15.5 Å². The SMILES string of the molecule is CC[NH+](CC(=O)NC(=O)NC1CCCC1)Cc1ccccc1. The maximum atomic E-state index is 12.0. The Balaban J connectivity index is 1.75. The first kappa shape index (κ1) is 16.5. The molecule has 0 aromatic heterocycles. The smallest absolute Gasteiger partial charge is 0.321 e. The van der Waals surface area contributed by atoms with E-state index in [4.69, 9.17) is 0 Å². The van der Waals surface area contributed by atoms with E-state index in [1.54, 1.807) is 0 Å². The van der Waals surface area contributed by atoms with E-state index in [1.807, 2.05) is 25.1 Å². The van der Waals surface area contributed by atoms with E-state index in [-0.39, 0.29) is 18.0 Å². The van der Waals surface area contributed by atoms with E-state index in [0.29, 0.717) is 6.54 Å². The zero-order chi connectivity index (χ0) is 15.8. The largest absolute Gasteiger partial charge is 0.335 e. The summed E-state index contributed by atoms with van der Waals surface area (Å²) >= 11 is 0. The third kappa shape index (κ3) is 5.48. The number of quaternary nitrogens is 1. The molecule has 1 saturated carbocycles. The van der Waals surface area contributed by atoms with Crippen molar-refractivity contribution < 1.29 is 14.5 Å². The van der Waals surface area contributed by atoms with Crippen LogP contribution in [0.2, 0.25) is 0 Å². The molecule has 1 aliphatic carbocycles. The molecule has 1 atom stereocenters. The normalized spacial score (nSPS) is 16.2. The summed E-state index contributed by atoms with van der Waals surface area (Å²) in [6, 6.07) is 9.96. The molecule has 3 N–H and O–H groups in total. The van der Waals surface area contributed by atoms with Gasteiger partial charge in [-0.1, -0.05) is 43.2 Å². The third-order valence-corrected chi connectivity index (χ3v) is 4.15. The second-order valence-electron chi connectivity index (χ2n) is 5.95. The van der Waals surface area contributed by atoms with Gasteiger partial charge in [-0.3, -0.25) is 10.1 Å². The first-order valence-electron chi connectivity index (χ1n) is 8.15. The highest BCUT2D eigenvalue weighted by atomic mass is 16.2. The Bertz CT molecular complexity index is 484. The number of amides is 3. The fourth-order valence-corrected chi connectivity index (χ4v) is 2.89. The highest BCUT2D eigenvalue weighted by molar-refractivity contribution is 5.94. The van der Waals surface area contributed by atoms with E-state index >= 15 is 0 Å². The Morgan fingerprint density at radius 3 is 2.50 bits per heavy atom. The number of rotatable bonds is 6. The first-order chi connectivity index (χ1) is 10.7. The van der Waals surface area contributed by atoms with Gasteiger partial charge in [0.25, 0.3) is 5.91 Å². The van der Waals surface area contributed by atoms with Gasteiger partial charge in [-0.2, -0.15) is 0 Å². The van der Waals surface area contributed by atoms with Crippen molar-refractivity contribution in [3.05, 3.63) is 35.9 Å². The van der Waals surface area contributed by atoms with Crippen LogP contribution in [0.25, 0.3) is 0 Å². The molecule has 5 nitrogen and oxygen atoms in total. The van der Waals surface area contributed by atoms with E-state index in [0.717, 1.165) is 43.7 Å². The standard InChI is InChI=1S/C17H25N3O2/c1-2-20(12-14-8-4-3-5-9-14)13-16(21)19-17(22)18-15-10-6-7-11-15/h3-5,8-9,15H,2,6-7,10-13H2,1H3,(H2,18,19,21,22)/p+1. The van der Waals surface area contributed by atoms with Crippen LogP contribution in [0.4, 0.5) is 4.79 Å². The molecule has 22 heavy (non-hydrogen) atoms. The van der Waals surface area contributed by atoms with Crippen molar-refractivity contribution in [3.8, 4) is 0 Å². The van der Waals surface area contributed by atoms with Crippen LogP contribution in [-0.2, 0) is 11.3 Å².